The Morgan fingerprint density at radius 2 is 2.00 bits per heavy atom. The van der Waals surface area contributed by atoms with E-state index in [0.29, 0.717) is 17.0 Å². The fraction of sp³-hybridized carbons (Fsp3) is 0.333. The first-order valence-electron chi connectivity index (χ1n) is 5.48. The Bertz CT molecular complexity index is 636. The third-order valence-corrected chi connectivity index (χ3v) is 2.82. The summed E-state index contributed by atoms with van der Waals surface area (Å²) in [5.74, 6) is 0.488. The van der Waals surface area contributed by atoms with Crippen molar-refractivity contribution in [3.63, 3.8) is 0 Å². The second-order valence-electron chi connectivity index (χ2n) is 4.18. The van der Waals surface area contributed by atoms with Crippen LogP contribution in [0.25, 0.3) is 0 Å². The Kier molecular flexibility index (Phi) is 3.21. The van der Waals surface area contributed by atoms with Gasteiger partial charge in [-0.15, -0.1) is 0 Å². The molecule has 7 heteroatoms. The third kappa shape index (κ3) is 2.69. The second kappa shape index (κ2) is 4.56. The lowest BCUT2D eigenvalue weighted by Crippen LogP contribution is -2.22. The molecule has 0 aliphatic carbocycles. The topological polar surface area (TPSA) is 48.0 Å². The maximum Gasteiger partial charge on any atom is 0.417 e. The van der Waals surface area contributed by atoms with Gasteiger partial charge in [0.05, 0.1) is 17.8 Å². The Morgan fingerprint density at radius 3 is 2.53 bits per heavy atom. The van der Waals surface area contributed by atoms with E-state index in [0.717, 1.165) is 22.9 Å². The molecule has 102 valence electrons. The van der Waals surface area contributed by atoms with Crippen molar-refractivity contribution in [2.45, 2.75) is 26.6 Å². The van der Waals surface area contributed by atoms with Crippen LogP contribution < -0.4 is 5.56 Å². The molecule has 0 fully saturated rings. The molecular formula is C12H11F3N2O2. The van der Waals surface area contributed by atoms with Gasteiger partial charge in [-0.25, -0.2) is 0 Å². The molecule has 0 unspecified atom stereocenters. The number of nitrogens with zero attached hydrogens (tertiary/aromatic N) is 2. The first-order valence-corrected chi connectivity index (χ1v) is 5.48. The van der Waals surface area contributed by atoms with Crippen LogP contribution in [0.5, 0.6) is 0 Å². The quantitative estimate of drug-likeness (QED) is 0.844. The Hall–Kier alpha value is -2.05. The third-order valence-electron chi connectivity index (χ3n) is 2.82. The van der Waals surface area contributed by atoms with Crippen molar-refractivity contribution in [3.8, 4) is 0 Å². The van der Waals surface area contributed by atoms with Crippen LogP contribution >= 0.6 is 0 Å². The van der Waals surface area contributed by atoms with Gasteiger partial charge in [0, 0.05) is 17.8 Å². The van der Waals surface area contributed by atoms with Crippen molar-refractivity contribution in [1.82, 2.24) is 9.72 Å². The van der Waals surface area contributed by atoms with Crippen LogP contribution in [-0.2, 0) is 12.7 Å². The average molecular weight is 272 g/mol. The maximum atomic E-state index is 12.6. The fourth-order valence-electron chi connectivity index (χ4n) is 1.72. The van der Waals surface area contributed by atoms with Crippen LogP contribution in [0, 0.1) is 13.8 Å². The van der Waals surface area contributed by atoms with E-state index in [-0.39, 0.29) is 6.54 Å². The molecule has 2 aromatic rings. The number of hydrogen-bond acceptors (Lipinski definition) is 3. The van der Waals surface area contributed by atoms with E-state index in [1.54, 1.807) is 13.8 Å². The van der Waals surface area contributed by atoms with Gasteiger partial charge >= 0.3 is 6.18 Å². The van der Waals surface area contributed by atoms with E-state index in [9.17, 15) is 18.0 Å². The van der Waals surface area contributed by atoms with Gasteiger partial charge in [-0.3, -0.25) is 4.79 Å². The van der Waals surface area contributed by atoms with Crippen LogP contribution in [0.4, 0.5) is 13.2 Å². The van der Waals surface area contributed by atoms with Crippen molar-refractivity contribution in [2.24, 2.45) is 0 Å². The monoisotopic (exact) mass is 272 g/mol. The molecule has 0 atom stereocenters. The number of halogens is 3. The zero-order chi connectivity index (χ0) is 14.2. The highest BCUT2D eigenvalue weighted by molar-refractivity contribution is 5.22. The van der Waals surface area contributed by atoms with E-state index in [4.69, 9.17) is 4.52 Å². The SMILES string of the molecule is Cc1noc(C)c1Cn1cc(C(F)(F)F)ccc1=O. The summed E-state index contributed by atoms with van der Waals surface area (Å²) < 4.78 is 43.7. The van der Waals surface area contributed by atoms with E-state index in [1.165, 1.54) is 0 Å². The molecule has 19 heavy (non-hydrogen) atoms. The minimum absolute atomic E-state index is 0.00389. The molecule has 0 spiro atoms. The highest BCUT2D eigenvalue weighted by Gasteiger charge is 2.31. The average Bonchev–Trinajstić information content (AvgIpc) is 2.62. The predicted octanol–water partition coefficient (Wildman–Crippen LogP) is 2.52. The van der Waals surface area contributed by atoms with Crippen LogP contribution in [0.3, 0.4) is 0 Å². The summed E-state index contributed by atoms with van der Waals surface area (Å²) in [5, 5.41) is 3.70. The number of pyridine rings is 1. The molecule has 0 aliphatic rings. The van der Waals surface area contributed by atoms with E-state index >= 15 is 0 Å². The molecule has 0 aromatic carbocycles. The van der Waals surface area contributed by atoms with Crippen molar-refractivity contribution >= 4 is 0 Å². The van der Waals surface area contributed by atoms with Crippen molar-refractivity contribution in [1.29, 1.82) is 0 Å². The number of alkyl halides is 3. The summed E-state index contributed by atoms with van der Waals surface area (Å²) in [7, 11) is 0. The van der Waals surface area contributed by atoms with E-state index in [1.807, 2.05) is 0 Å². The number of aromatic nitrogens is 2. The van der Waals surface area contributed by atoms with Crippen molar-refractivity contribution < 1.29 is 17.7 Å². The Labute approximate surface area is 106 Å². The normalized spacial score (nSPS) is 11.8. The molecular weight excluding hydrogens is 261 g/mol. The van der Waals surface area contributed by atoms with E-state index in [2.05, 4.69) is 5.16 Å². The molecule has 0 radical (unpaired) electrons. The van der Waals surface area contributed by atoms with Gasteiger partial charge in [-0.05, 0) is 19.9 Å². The minimum Gasteiger partial charge on any atom is -0.361 e. The predicted molar refractivity (Wildman–Crippen MR) is 60.8 cm³/mol. The van der Waals surface area contributed by atoms with Gasteiger partial charge in [-0.1, -0.05) is 5.16 Å². The smallest absolute Gasteiger partial charge is 0.361 e. The molecule has 2 aromatic heterocycles. The lowest BCUT2D eigenvalue weighted by molar-refractivity contribution is -0.138. The fourth-order valence-corrected chi connectivity index (χ4v) is 1.72. The van der Waals surface area contributed by atoms with Gasteiger partial charge < -0.3 is 9.09 Å². The number of aryl methyl sites for hydroxylation is 2. The summed E-state index contributed by atoms with van der Waals surface area (Å²) in [6.07, 6.45) is -3.68. The van der Waals surface area contributed by atoms with Crippen molar-refractivity contribution in [3.05, 3.63) is 51.3 Å². The van der Waals surface area contributed by atoms with E-state index < -0.39 is 17.3 Å². The lowest BCUT2D eigenvalue weighted by atomic mass is 10.2. The molecule has 0 N–H and O–H groups in total. The molecule has 4 nitrogen and oxygen atoms in total. The minimum atomic E-state index is -4.48. The highest BCUT2D eigenvalue weighted by atomic mass is 19.4. The summed E-state index contributed by atoms with van der Waals surface area (Å²) >= 11 is 0. The number of rotatable bonds is 2. The lowest BCUT2D eigenvalue weighted by Gasteiger charge is -2.10. The van der Waals surface area contributed by atoms with Crippen LogP contribution in [0.1, 0.15) is 22.6 Å². The summed E-state index contributed by atoms with van der Waals surface area (Å²) in [6, 6.07) is 1.67. The molecule has 0 bridgehead atoms. The molecule has 0 amide bonds. The van der Waals surface area contributed by atoms with Crippen LogP contribution in [0.2, 0.25) is 0 Å². The zero-order valence-electron chi connectivity index (χ0n) is 10.3. The van der Waals surface area contributed by atoms with Gasteiger partial charge in [-0.2, -0.15) is 13.2 Å². The maximum absolute atomic E-state index is 12.6. The summed E-state index contributed by atoms with van der Waals surface area (Å²) in [6.45, 7) is 3.32. The summed E-state index contributed by atoms with van der Waals surface area (Å²) in [5.41, 5.74) is -0.199. The van der Waals surface area contributed by atoms with Gasteiger partial charge in [0.2, 0.25) is 0 Å². The van der Waals surface area contributed by atoms with Crippen molar-refractivity contribution in [2.75, 3.05) is 0 Å². The zero-order valence-corrected chi connectivity index (χ0v) is 10.3. The Morgan fingerprint density at radius 1 is 1.32 bits per heavy atom. The second-order valence-corrected chi connectivity index (χ2v) is 4.18. The molecule has 0 saturated heterocycles. The highest BCUT2D eigenvalue weighted by Crippen LogP contribution is 2.28. The number of hydrogen-bond donors (Lipinski definition) is 0. The molecule has 2 rings (SSSR count). The first-order chi connectivity index (χ1) is 8.79. The van der Waals surface area contributed by atoms with Crippen LogP contribution in [0.15, 0.2) is 27.6 Å². The van der Waals surface area contributed by atoms with Gasteiger partial charge in [0.15, 0.2) is 0 Å². The molecule has 0 aliphatic heterocycles. The molecule has 0 saturated carbocycles. The van der Waals surface area contributed by atoms with Gasteiger partial charge in [0.25, 0.3) is 5.56 Å². The van der Waals surface area contributed by atoms with Gasteiger partial charge in [0.1, 0.15) is 5.76 Å². The Balaban J connectivity index is 2.43. The first kappa shape index (κ1) is 13.4. The summed E-state index contributed by atoms with van der Waals surface area (Å²) in [4.78, 5) is 11.6. The van der Waals surface area contributed by atoms with Crippen LogP contribution in [-0.4, -0.2) is 9.72 Å². The molecule has 2 heterocycles. The largest absolute Gasteiger partial charge is 0.417 e. The standard InChI is InChI=1S/C12H11F3N2O2/c1-7-10(8(2)19-16-7)6-17-5-9(12(13,14)15)3-4-11(17)18/h3-5H,6H2,1-2H3.